The van der Waals surface area contributed by atoms with E-state index in [2.05, 4.69) is 36.9 Å². The Kier molecular flexibility index (Phi) is 3.72. The topological polar surface area (TPSA) is 62.5 Å². The summed E-state index contributed by atoms with van der Waals surface area (Å²) in [6.45, 7) is 5.77. The summed E-state index contributed by atoms with van der Waals surface area (Å²) in [6.07, 6.45) is 7.57. The molecule has 2 aliphatic rings. The summed E-state index contributed by atoms with van der Waals surface area (Å²) in [7, 11) is 0. The molecule has 0 unspecified atom stereocenters. The molecule has 0 amide bonds. The number of aromatic nitrogens is 5. The standard InChI is InChI=1S/C19H23N7/c1-14-12-26-17(22-14)5-6-18(23-26)24-7-9-25(10-8-24)19-11-16(20-13-21-19)15-3-2-4-15/h5-6,11-13,15H,2-4,7-10H2,1H3. The van der Waals surface area contributed by atoms with Gasteiger partial charge in [-0.15, -0.1) is 5.10 Å². The first-order chi connectivity index (χ1) is 12.8. The number of fused-ring (bicyclic) bond motifs is 1. The smallest absolute Gasteiger partial charge is 0.153 e. The van der Waals surface area contributed by atoms with Gasteiger partial charge in [-0.2, -0.15) is 0 Å². The van der Waals surface area contributed by atoms with Crippen LogP contribution >= 0.6 is 0 Å². The number of nitrogens with zero attached hydrogens (tertiary/aromatic N) is 7. The fourth-order valence-corrected chi connectivity index (χ4v) is 3.79. The molecule has 1 aliphatic carbocycles. The molecule has 7 nitrogen and oxygen atoms in total. The Morgan fingerprint density at radius 1 is 0.962 bits per heavy atom. The van der Waals surface area contributed by atoms with Crippen LogP contribution in [-0.2, 0) is 0 Å². The van der Waals surface area contributed by atoms with Gasteiger partial charge >= 0.3 is 0 Å². The highest BCUT2D eigenvalue weighted by molar-refractivity contribution is 5.49. The zero-order valence-electron chi connectivity index (χ0n) is 15.0. The molecular weight excluding hydrogens is 326 g/mol. The van der Waals surface area contributed by atoms with Crippen molar-refractivity contribution in [3.05, 3.63) is 42.1 Å². The molecule has 134 valence electrons. The second kappa shape index (κ2) is 6.23. The third-order valence-corrected chi connectivity index (χ3v) is 5.55. The Bertz CT molecular complexity index is 923. The highest BCUT2D eigenvalue weighted by Crippen LogP contribution is 2.35. The Labute approximate surface area is 152 Å². The minimum absolute atomic E-state index is 0.646. The van der Waals surface area contributed by atoms with E-state index < -0.39 is 0 Å². The van der Waals surface area contributed by atoms with Crippen molar-refractivity contribution in [1.29, 1.82) is 0 Å². The van der Waals surface area contributed by atoms with Crippen LogP contribution in [0.5, 0.6) is 0 Å². The Morgan fingerprint density at radius 2 is 1.73 bits per heavy atom. The second-order valence-electron chi connectivity index (χ2n) is 7.28. The molecule has 7 heteroatoms. The van der Waals surface area contributed by atoms with Gasteiger partial charge in [0, 0.05) is 43.9 Å². The van der Waals surface area contributed by atoms with E-state index in [1.165, 1.54) is 25.0 Å². The van der Waals surface area contributed by atoms with E-state index >= 15 is 0 Å². The SMILES string of the molecule is Cc1cn2nc(N3CCN(c4cc(C5CCC5)ncn4)CC3)ccc2n1. The van der Waals surface area contributed by atoms with Gasteiger partial charge in [-0.05, 0) is 31.9 Å². The van der Waals surface area contributed by atoms with E-state index in [1.54, 1.807) is 6.33 Å². The van der Waals surface area contributed by atoms with Gasteiger partial charge in [-0.25, -0.2) is 19.5 Å². The maximum atomic E-state index is 4.71. The summed E-state index contributed by atoms with van der Waals surface area (Å²) in [6, 6.07) is 6.30. The maximum Gasteiger partial charge on any atom is 0.153 e. The largest absolute Gasteiger partial charge is 0.353 e. The van der Waals surface area contributed by atoms with Crippen LogP contribution in [0.3, 0.4) is 0 Å². The van der Waals surface area contributed by atoms with E-state index in [-0.39, 0.29) is 0 Å². The predicted octanol–water partition coefficient (Wildman–Crippen LogP) is 2.42. The van der Waals surface area contributed by atoms with Crippen LogP contribution in [0.1, 0.15) is 36.6 Å². The normalized spacial score (nSPS) is 18.3. The first kappa shape index (κ1) is 15.5. The zero-order chi connectivity index (χ0) is 17.5. The van der Waals surface area contributed by atoms with E-state index in [0.29, 0.717) is 5.92 Å². The molecule has 0 N–H and O–H groups in total. The molecule has 1 aliphatic heterocycles. The summed E-state index contributed by atoms with van der Waals surface area (Å²) in [5.74, 6) is 2.72. The van der Waals surface area contributed by atoms with Crippen molar-refractivity contribution >= 4 is 17.3 Å². The van der Waals surface area contributed by atoms with E-state index in [9.17, 15) is 0 Å². The van der Waals surface area contributed by atoms with Crippen molar-refractivity contribution in [2.75, 3.05) is 36.0 Å². The Hall–Kier alpha value is -2.70. The highest BCUT2D eigenvalue weighted by atomic mass is 15.4. The molecule has 5 rings (SSSR count). The third kappa shape index (κ3) is 2.77. The zero-order valence-corrected chi connectivity index (χ0v) is 15.0. The van der Waals surface area contributed by atoms with Crippen molar-refractivity contribution in [3.63, 3.8) is 0 Å². The summed E-state index contributed by atoms with van der Waals surface area (Å²) < 4.78 is 1.87. The number of hydrogen-bond donors (Lipinski definition) is 0. The number of hydrogen-bond acceptors (Lipinski definition) is 6. The lowest BCUT2D eigenvalue weighted by Gasteiger charge is -2.36. The van der Waals surface area contributed by atoms with Crippen LogP contribution in [0.15, 0.2) is 30.7 Å². The van der Waals surface area contributed by atoms with Gasteiger partial charge in [0.1, 0.15) is 18.0 Å². The second-order valence-corrected chi connectivity index (χ2v) is 7.28. The quantitative estimate of drug-likeness (QED) is 0.724. The van der Waals surface area contributed by atoms with Gasteiger partial charge in [0.15, 0.2) is 5.65 Å². The van der Waals surface area contributed by atoms with Crippen molar-refractivity contribution in [2.24, 2.45) is 0 Å². The first-order valence-electron chi connectivity index (χ1n) is 9.41. The van der Waals surface area contributed by atoms with Crippen LogP contribution in [0.2, 0.25) is 0 Å². The number of imidazole rings is 1. The van der Waals surface area contributed by atoms with Gasteiger partial charge < -0.3 is 9.80 Å². The number of rotatable bonds is 3. The number of aryl methyl sites for hydroxylation is 1. The Balaban J connectivity index is 1.29. The highest BCUT2D eigenvalue weighted by Gasteiger charge is 2.24. The predicted molar refractivity (Wildman–Crippen MR) is 101 cm³/mol. The summed E-state index contributed by atoms with van der Waals surface area (Å²) in [5.41, 5.74) is 3.10. The number of piperazine rings is 1. The molecule has 3 aromatic heterocycles. The van der Waals surface area contributed by atoms with Gasteiger partial charge in [0.25, 0.3) is 0 Å². The van der Waals surface area contributed by atoms with Crippen LogP contribution in [0.25, 0.3) is 5.65 Å². The fourth-order valence-electron chi connectivity index (χ4n) is 3.79. The minimum Gasteiger partial charge on any atom is -0.353 e. The number of anilines is 2. The molecule has 1 saturated heterocycles. The molecule has 4 heterocycles. The van der Waals surface area contributed by atoms with Crippen LogP contribution < -0.4 is 9.80 Å². The molecule has 26 heavy (non-hydrogen) atoms. The molecule has 0 aromatic carbocycles. The lowest BCUT2D eigenvalue weighted by atomic mass is 9.83. The van der Waals surface area contributed by atoms with E-state index in [4.69, 9.17) is 5.10 Å². The van der Waals surface area contributed by atoms with Crippen LogP contribution in [0, 0.1) is 6.92 Å². The lowest BCUT2D eigenvalue weighted by molar-refractivity contribution is 0.410. The average Bonchev–Trinajstić information content (AvgIpc) is 3.00. The molecular formula is C19H23N7. The summed E-state index contributed by atoms with van der Waals surface area (Å²) >= 11 is 0. The van der Waals surface area contributed by atoms with E-state index in [0.717, 1.165) is 49.2 Å². The minimum atomic E-state index is 0.646. The van der Waals surface area contributed by atoms with Crippen molar-refractivity contribution in [2.45, 2.75) is 32.1 Å². The van der Waals surface area contributed by atoms with Crippen molar-refractivity contribution in [1.82, 2.24) is 24.6 Å². The monoisotopic (exact) mass is 349 g/mol. The van der Waals surface area contributed by atoms with E-state index in [1.807, 2.05) is 23.7 Å². The summed E-state index contributed by atoms with van der Waals surface area (Å²) in [4.78, 5) is 18.1. The maximum absolute atomic E-state index is 4.71. The molecule has 2 fully saturated rings. The van der Waals surface area contributed by atoms with Crippen molar-refractivity contribution < 1.29 is 0 Å². The van der Waals surface area contributed by atoms with Gasteiger partial charge in [0.05, 0.1) is 11.9 Å². The Morgan fingerprint density at radius 3 is 2.46 bits per heavy atom. The fraction of sp³-hybridized carbons (Fsp3) is 0.474. The lowest BCUT2D eigenvalue weighted by Crippen LogP contribution is -2.47. The molecule has 3 aromatic rings. The molecule has 0 spiro atoms. The third-order valence-electron chi connectivity index (χ3n) is 5.55. The molecule has 0 atom stereocenters. The average molecular weight is 349 g/mol. The van der Waals surface area contributed by atoms with Gasteiger partial charge in [0.2, 0.25) is 0 Å². The van der Waals surface area contributed by atoms with Crippen LogP contribution in [-0.4, -0.2) is 50.7 Å². The first-order valence-corrected chi connectivity index (χ1v) is 9.41. The van der Waals surface area contributed by atoms with Crippen LogP contribution in [0.4, 0.5) is 11.6 Å². The molecule has 0 radical (unpaired) electrons. The van der Waals surface area contributed by atoms with Gasteiger partial charge in [-0.3, -0.25) is 0 Å². The molecule has 0 bridgehead atoms. The van der Waals surface area contributed by atoms with Gasteiger partial charge in [-0.1, -0.05) is 6.42 Å². The molecule has 1 saturated carbocycles. The van der Waals surface area contributed by atoms with Crippen molar-refractivity contribution in [3.8, 4) is 0 Å². The summed E-state index contributed by atoms with van der Waals surface area (Å²) in [5, 5.41) is 4.71.